The lowest BCUT2D eigenvalue weighted by atomic mass is 10.2. The number of halogens is 1. The molecule has 4 N–H and O–H groups in total. The molecule has 0 aliphatic rings. The summed E-state index contributed by atoms with van der Waals surface area (Å²) in [6.45, 7) is 0.615. The molecule has 2 rings (SSSR count). The number of aromatic carboxylic acids is 1. The highest BCUT2D eigenvalue weighted by Crippen LogP contribution is 2.22. The third-order valence-corrected chi connectivity index (χ3v) is 4.12. The molecule has 0 spiro atoms. The summed E-state index contributed by atoms with van der Waals surface area (Å²) in [5.41, 5.74) is 5.96. The van der Waals surface area contributed by atoms with Crippen molar-refractivity contribution in [1.82, 2.24) is 4.98 Å². The maximum atomic E-state index is 11.1. The molecule has 0 bridgehead atoms. The number of aromatic nitrogens is 1. The van der Waals surface area contributed by atoms with Crippen molar-refractivity contribution >= 4 is 44.7 Å². The summed E-state index contributed by atoms with van der Waals surface area (Å²) in [5.74, 6) is -0.696. The van der Waals surface area contributed by atoms with E-state index in [0.717, 1.165) is 10.2 Å². The molecule has 100 valence electrons. The molecule has 0 saturated heterocycles. The van der Waals surface area contributed by atoms with E-state index in [2.05, 4.69) is 26.2 Å². The summed E-state index contributed by atoms with van der Waals surface area (Å²) in [6.07, 6.45) is 2.25. The van der Waals surface area contributed by atoms with Gasteiger partial charge in [0.05, 0.1) is 15.7 Å². The summed E-state index contributed by atoms with van der Waals surface area (Å²) in [5, 5.41) is 12.1. The van der Waals surface area contributed by atoms with Gasteiger partial charge in [0.1, 0.15) is 11.4 Å². The topological polar surface area (TPSA) is 88.2 Å². The highest BCUT2D eigenvalue weighted by molar-refractivity contribution is 9.11. The van der Waals surface area contributed by atoms with E-state index in [1.165, 1.54) is 17.1 Å². The summed E-state index contributed by atoms with van der Waals surface area (Å²) < 4.78 is 1.08. The average Bonchev–Trinajstić information content (AvgIpc) is 2.77. The van der Waals surface area contributed by atoms with Gasteiger partial charge in [-0.2, -0.15) is 0 Å². The van der Waals surface area contributed by atoms with Gasteiger partial charge in [0, 0.05) is 11.4 Å². The largest absolute Gasteiger partial charge is 0.478 e. The molecule has 7 heteroatoms. The van der Waals surface area contributed by atoms with Gasteiger partial charge in [0.15, 0.2) is 0 Å². The van der Waals surface area contributed by atoms with Crippen LogP contribution in [0.15, 0.2) is 28.2 Å². The van der Waals surface area contributed by atoms with Gasteiger partial charge >= 0.3 is 5.97 Å². The molecule has 0 aromatic carbocycles. The van der Waals surface area contributed by atoms with Crippen molar-refractivity contribution in [1.29, 1.82) is 0 Å². The van der Waals surface area contributed by atoms with E-state index in [9.17, 15) is 4.79 Å². The minimum Gasteiger partial charge on any atom is -0.478 e. The van der Waals surface area contributed by atoms with Crippen LogP contribution in [0.3, 0.4) is 0 Å². The molecule has 0 atom stereocenters. The summed E-state index contributed by atoms with van der Waals surface area (Å²) in [6, 6.07) is 5.43. The first-order valence-electron chi connectivity index (χ1n) is 5.53. The molecule has 2 heterocycles. The van der Waals surface area contributed by atoms with Gasteiger partial charge in [-0.25, -0.2) is 9.78 Å². The number of nitrogens with zero attached hydrogens (tertiary/aromatic N) is 1. The molecule has 0 radical (unpaired) electrons. The van der Waals surface area contributed by atoms with Gasteiger partial charge in [0.2, 0.25) is 0 Å². The lowest BCUT2D eigenvalue weighted by Gasteiger charge is -2.08. The Kier molecular flexibility index (Phi) is 4.39. The molecule has 0 amide bonds. The molecule has 2 aromatic heterocycles. The Morgan fingerprint density at radius 2 is 2.32 bits per heavy atom. The van der Waals surface area contributed by atoms with Crippen LogP contribution in [0.4, 0.5) is 11.5 Å². The molecule has 0 aliphatic carbocycles. The van der Waals surface area contributed by atoms with Crippen LogP contribution in [0.5, 0.6) is 0 Å². The second kappa shape index (κ2) is 6.03. The third kappa shape index (κ3) is 3.68. The van der Waals surface area contributed by atoms with E-state index in [0.29, 0.717) is 18.1 Å². The number of hydrogen-bond acceptors (Lipinski definition) is 5. The van der Waals surface area contributed by atoms with Crippen LogP contribution < -0.4 is 11.1 Å². The van der Waals surface area contributed by atoms with Gasteiger partial charge in [0.25, 0.3) is 0 Å². The number of nitrogens with two attached hydrogens (primary N) is 1. The van der Waals surface area contributed by atoms with E-state index < -0.39 is 5.97 Å². The van der Waals surface area contributed by atoms with Crippen LogP contribution in [0.2, 0.25) is 0 Å². The number of anilines is 2. The minimum atomic E-state index is -1.04. The number of hydrogen-bond donors (Lipinski definition) is 3. The van der Waals surface area contributed by atoms with Crippen molar-refractivity contribution in [2.75, 3.05) is 17.6 Å². The lowest BCUT2D eigenvalue weighted by molar-refractivity contribution is 0.0697. The van der Waals surface area contributed by atoms with Crippen LogP contribution in [0.25, 0.3) is 0 Å². The zero-order valence-electron chi connectivity index (χ0n) is 9.89. The van der Waals surface area contributed by atoms with Gasteiger partial charge in [-0.05, 0) is 40.5 Å². The fourth-order valence-electron chi connectivity index (χ4n) is 1.58. The first kappa shape index (κ1) is 13.8. The fraction of sp³-hybridized carbons (Fsp3) is 0.167. The Bertz CT molecular complexity index is 600. The first-order valence-corrected chi connectivity index (χ1v) is 7.14. The lowest BCUT2D eigenvalue weighted by Crippen LogP contribution is -2.11. The zero-order chi connectivity index (χ0) is 13.8. The molecule has 5 nitrogen and oxygen atoms in total. The van der Waals surface area contributed by atoms with Gasteiger partial charge in [-0.1, -0.05) is 0 Å². The number of rotatable bonds is 5. The number of carboxylic acid groups (broad SMARTS) is 1. The average molecular weight is 342 g/mol. The van der Waals surface area contributed by atoms with Crippen molar-refractivity contribution in [2.45, 2.75) is 6.42 Å². The van der Waals surface area contributed by atoms with Crippen LogP contribution >= 0.6 is 27.3 Å². The Hall–Kier alpha value is -1.60. The second-order valence-corrected chi connectivity index (χ2v) is 6.40. The smallest absolute Gasteiger partial charge is 0.339 e. The Balaban J connectivity index is 2.01. The van der Waals surface area contributed by atoms with Crippen LogP contribution in [-0.4, -0.2) is 22.6 Å². The maximum Gasteiger partial charge on any atom is 0.339 e. The summed E-state index contributed by atoms with van der Waals surface area (Å²) >= 11 is 5.06. The highest BCUT2D eigenvalue weighted by atomic mass is 79.9. The summed E-state index contributed by atoms with van der Waals surface area (Å²) in [4.78, 5) is 16.3. The number of carboxylic acids is 1. The van der Waals surface area contributed by atoms with E-state index in [1.807, 2.05) is 12.1 Å². The van der Waals surface area contributed by atoms with Crippen molar-refractivity contribution in [3.05, 3.63) is 38.6 Å². The van der Waals surface area contributed by atoms with Crippen LogP contribution in [-0.2, 0) is 6.42 Å². The third-order valence-electron chi connectivity index (χ3n) is 2.43. The quantitative estimate of drug-likeness (QED) is 0.778. The Morgan fingerprint density at radius 3 is 2.95 bits per heavy atom. The van der Waals surface area contributed by atoms with Gasteiger partial charge < -0.3 is 16.2 Å². The molecule has 0 aliphatic heterocycles. The predicted octanol–water partition coefficient (Wildman–Crippen LogP) is 2.84. The molecular formula is C12H12BrN3O2S. The van der Waals surface area contributed by atoms with E-state index >= 15 is 0 Å². The maximum absolute atomic E-state index is 11.1. The number of nitrogens with one attached hydrogen (secondary N) is 1. The first-order chi connectivity index (χ1) is 9.06. The van der Waals surface area contributed by atoms with Crippen molar-refractivity contribution in [2.24, 2.45) is 0 Å². The molecule has 0 fully saturated rings. The number of pyridine rings is 1. The monoisotopic (exact) mass is 341 g/mol. The Morgan fingerprint density at radius 1 is 1.53 bits per heavy atom. The van der Waals surface area contributed by atoms with Gasteiger partial charge in [-0.3, -0.25) is 0 Å². The highest BCUT2D eigenvalue weighted by Gasteiger charge is 2.11. The standard InChI is InChI=1S/C12H12BrN3O2S/c13-10-2-1-8(19-10)3-4-15-11-9(12(17)18)5-7(14)6-16-11/h1-2,5-6H,3-4,14H2,(H,15,16)(H,17,18). The van der Waals surface area contributed by atoms with Crippen LogP contribution in [0.1, 0.15) is 15.2 Å². The zero-order valence-corrected chi connectivity index (χ0v) is 12.3. The SMILES string of the molecule is Nc1cnc(NCCc2ccc(Br)s2)c(C(=O)O)c1. The minimum absolute atomic E-state index is 0.0901. The molecule has 2 aromatic rings. The normalized spacial score (nSPS) is 10.4. The second-order valence-electron chi connectivity index (χ2n) is 3.85. The number of thiophene rings is 1. The number of nitrogen functional groups attached to an aromatic ring is 1. The molecule has 0 unspecified atom stereocenters. The molecule has 0 saturated carbocycles. The number of carbonyl (C=O) groups is 1. The van der Waals surface area contributed by atoms with Crippen molar-refractivity contribution < 1.29 is 9.90 Å². The van der Waals surface area contributed by atoms with Gasteiger partial charge in [-0.15, -0.1) is 11.3 Å². The Labute approximate surface area is 122 Å². The van der Waals surface area contributed by atoms with Crippen molar-refractivity contribution in [3.63, 3.8) is 0 Å². The predicted molar refractivity (Wildman–Crippen MR) is 79.8 cm³/mol. The van der Waals surface area contributed by atoms with Crippen LogP contribution in [0, 0.1) is 0 Å². The van der Waals surface area contributed by atoms with E-state index in [-0.39, 0.29) is 5.56 Å². The molecule has 19 heavy (non-hydrogen) atoms. The van der Waals surface area contributed by atoms with E-state index in [1.54, 1.807) is 11.3 Å². The molecular weight excluding hydrogens is 330 g/mol. The van der Waals surface area contributed by atoms with Crippen molar-refractivity contribution in [3.8, 4) is 0 Å². The summed E-state index contributed by atoms with van der Waals surface area (Å²) in [7, 11) is 0. The van der Waals surface area contributed by atoms with E-state index in [4.69, 9.17) is 10.8 Å². The fourth-order valence-corrected chi connectivity index (χ4v) is 3.06.